The number of anilines is 1. The van der Waals surface area contributed by atoms with Crippen molar-refractivity contribution in [2.45, 2.75) is 32.2 Å². The van der Waals surface area contributed by atoms with Crippen LogP contribution in [0.1, 0.15) is 30.1 Å². The van der Waals surface area contributed by atoms with Crippen LogP contribution in [0.25, 0.3) is 11.0 Å². The van der Waals surface area contributed by atoms with Gasteiger partial charge in [-0.1, -0.05) is 35.9 Å². The molecule has 1 aliphatic rings. The third-order valence-electron chi connectivity index (χ3n) is 6.48. The first kappa shape index (κ1) is 23.2. The van der Waals surface area contributed by atoms with Crippen LogP contribution in [0.3, 0.4) is 0 Å². The highest BCUT2D eigenvalue weighted by Crippen LogP contribution is 2.34. The number of ether oxygens (including phenoxy) is 2. The summed E-state index contributed by atoms with van der Waals surface area (Å²) in [4.78, 5) is 19.8. The SMILES string of the molecule is COc1ccccc1OCCCn1c(C2CC(=O)N(c3ccc(Cl)c(C)c3)C2)nc2ccccc21. The lowest BCUT2D eigenvalue weighted by molar-refractivity contribution is -0.117. The number of benzene rings is 3. The predicted octanol–water partition coefficient (Wildman–Crippen LogP) is 6.00. The molecule has 0 bridgehead atoms. The number of hydrogen-bond donors (Lipinski definition) is 0. The van der Waals surface area contributed by atoms with Gasteiger partial charge in [-0.2, -0.15) is 0 Å². The van der Waals surface area contributed by atoms with Gasteiger partial charge in [-0.05, 0) is 61.4 Å². The molecule has 1 unspecified atom stereocenters. The summed E-state index contributed by atoms with van der Waals surface area (Å²) in [7, 11) is 1.64. The van der Waals surface area contributed by atoms with Crippen molar-refractivity contribution in [2.75, 3.05) is 25.2 Å². The third kappa shape index (κ3) is 4.71. The Morgan fingerprint density at radius 2 is 1.83 bits per heavy atom. The zero-order valence-corrected chi connectivity index (χ0v) is 20.7. The fourth-order valence-electron chi connectivity index (χ4n) is 4.71. The first-order valence-corrected chi connectivity index (χ1v) is 12.2. The van der Waals surface area contributed by atoms with E-state index in [0.717, 1.165) is 52.6 Å². The van der Waals surface area contributed by atoms with Gasteiger partial charge in [0.15, 0.2) is 11.5 Å². The third-order valence-corrected chi connectivity index (χ3v) is 6.90. The number of imidazole rings is 1. The molecule has 1 aliphatic heterocycles. The van der Waals surface area contributed by atoms with E-state index >= 15 is 0 Å². The molecule has 1 fully saturated rings. The topological polar surface area (TPSA) is 56.6 Å². The number of amides is 1. The fourth-order valence-corrected chi connectivity index (χ4v) is 4.83. The van der Waals surface area contributed by atoms with Gasteiger partial charge in [-0.3, -0.25) is 4.79 Å². The van der Waals surface area contributed by atoms with Crippen LogP contribution in [-0.2, 0) is 11.3 Å². The van der Waals surface area contributed by atoms with E-state index in [2.05, 4.69) is 10.6 Å². The maximum atomic E-state index is 13.0. The van der Waals surface area contributed by atoms with Gasteiger partial charge in [-0.25, -0.2) is 4.98 Å². The number of rotatable bonds is 8. The molecule has 0 saturated carbocycles. The zero-order chi connectivity index (χ0) is 24.4. The van der Waals surface area contributed by atoms with Crippen molar-refractivity contribution in [3.8, 4) is 11.5 Å². The van der Waals surface area contributed by atoms with Gasteiger partial charge in [-0.15, -0.1) is 0 Å². The maximum absolute atomic E-state index is 13.0. The van der Waals surface area contributed by atoms with E-state index < -0.39 is 0 Å². The van der Waals surface area contributed by atoms with Gasteiger partial charge in [0.05, 0.1) is 24.8 Å². The van der Waals surface area contributed by atoms with E-state index in [1.54, 1.807) is 7.11 Å². The lowest BCUT2D eigenvalue weighted by Gasteiger charge is -2.18. The van der Waals surface area contributed by atoms with Crippen molar-refractivity contribution < 1.29 is 14.3 Å². The smallest absolute Gasteiger partial charge is 0.227 e. The summed E-state index contributed by atoms with van der Waals surface area (Å²) in [5.41, 5.74) is 3.87. The van der Waals surface area contributed by atoms with Crippen LogP contribution in [0.15, 0.2) is 66.7 Å². The van der Waals surface area contributed by atoms with Crippen molar-refractivity contribution in [2.24, 2.45) is 0 Å². The van der Waals surface area contributed by atoms with Crippen molar-refractivity contribution in [1.82, 2.24) is 9.55 Å². The average Bonchev–Trinajstić information content (AvgIpc) is 3.44. The van der Waals surface area contributed by atoms with E-state index in [0.29, 0.717) is 24.6 Å². The normalized spacial score (nSPS) is 15.7. The Labute approximate surface area is 210 Å². The standard InChI is InChI=1S/C28H28ClN3O3/c1-19-16-21(12-13-22(19)29)32-18-20(17-27(32)33)28-30-23-8-3-4-9-24(23)31(28)14-7-15-35-26-11-6-5-10-25(26)34-2/h3-6,8-13,16,20H,7,14-15,17-18H2,1-2H3. The van der Waals surface area contributed by atoms with Gasteiger partial charge < -0.3 is 18.9 Å². The number of carbonyl (C=O) groups excluding carboxylic acids is 1. The highest BCUT2D eigenvalue weighted by atomic mass is 35.5. The predicted molar refractivity (Wildman–Crippen MR) is 139 cm³/mol. The van der Waals surface area contributed by atoms with Crippen molar-refractivity contribution in [3.63, 3.8) is 0 Å². The van der Waals surface area contributed by atoms with Crippen LogP contribution in [0.2, 0.25) is 5.02 Å². The molecule has 3 aromatic carbocycles. The molecular formula is C28H28ClN3O3. The molecule has 6 nitrogen and oxygen atoms in total. The molecule has 1 atom stereocenters. The Kier molecular flexibility index (Phi) is 6.64. The molecular weight excluding hydrogens is 462 g/mol. The first-order valence-electron chi connectivity index (χ1n) is 11.8. The largest absolute Gasteiger partial charge is 0.493 e. The Hall–Kier alpha value is -3.51. The second-order valence-corrected chi connectivity index (χ2v) is 9.21. The number of nitrogens with zero attached hydrogens (tertiary/aromatic N) is 3. The van der Waals surface area contributed by atoms with E-state index in [4.69, 9.17) is 26.1 Å². The number of para-hydroxylation sites is 4. The lowest BCUT2D eigenvalue weighted by atomic mass is 10.1. The van der Waals surface area contributed by atoms with Gasteiger partial charge in [0.25, 0.3) is 0 Å². The number of aryl methyl sites for hydroxylation is 2. The molecule has 2 heterocycles. The molecule has 0 spiro atoms. The van der Waals surface area contributed by atoms with Crippen molar-refractivity contribution >= 4 is 34.2 Å². The molecule has 4 aromatic rings. The summed E-state index contributed by atoms with van der Waals surface area (Å²) in [5, 5.41) is 0.703. The molecule has 1 amide bonds. The molecule has 35 heavy (non-hydrogen) atoms. The monoisotopic (exact) mass is 489 g/mol. The van der Waals surface area contributed by atoms with E-state index in [1.165, 1.54) is 0 Å². The molecule has 7 heteroatoms. The number of halogens is 1. The summed E-state index contributed by atoms with van der Waals surface area (Å²) < 4.78 is 13.6. The van der Waals surface area contributed by atoms with Gasteiger partial charge in [0, 0.05) is 36.1 Å². The highest BCUT2D eigenvalue weighted by molar-refractivity contribution is 6.31. The molecule has 5 rings (SSSR count). The summed E-state index contributed by atoms with van der Waals surface area (Å²) in [5.74, 6) is 2.53. The highest BCUT2D eigenvalue weighted by Gasteiger charge is 2.35. The Morgan fingerprint density at radius 3 is 2.63 bits per heavy atom. The van der Waals surface area contributed by atoms with Crippen LogP contribution in [-0.4, -0.2) is 35.7 Å². The Bertz CT molecular complexity index is 1370. The Morgan fingerprint density at radius 1 is 1.06 bits per heavy atom. The summed E-state index contributed by atoms with van der Waals surface area (Å²) >= 11 is 6.20. The zero-order valence-electron chi connectivity index (χ0n) is 19.9. The first-order chi connectivity index (χ1) is 17.0. The second kappa shape index (κ2) is 10.0. The average molecular weight is 490 g/mol. The van der Waals surface area contributed by atoms with Crippen LogP contribution in [0.5, 0.6) is 11.5 Å². The lowest BCUT2D eigenvalue weighted by Crippen LogP contribution is -2.24. The summed E-state index contributed by atoms with van der Waals surface area (Å²) in [6.45, 7) is 3.85. The molecule has 1 aromatic heterocycles. The molecule has 1 saturated heterocycles. The molecule has 0 N–H and O–H groups in total. The van der Waals surface area contributed by atoms with E-state index in [-0.39, 0.29) is 11.8 Å². The van der Waals surface area contributed by atoms with Gasteiger partial charge >= 0.3 is 0 Å². The molecule has 180 valence electrons. The summed E-state index contributed by atoms with van der Waals surface area (Å²) in [6.07, 6.45) is 1.23. The number of fused-ring (bicyclic) bond motifs is 1. The van der Waals surface area contributed by atoms with Crippen LogP contribution >= 0.6 is 11.6 Å². The molecule has 0 aliphatic carbocycles. The summed E-state index contributed by atoms with van der Waals surface area (Å²) in [6, 6.07) is 21.5. The number of carbonyl (C=O) groups is 1. The van der Waals surface area contributed by atoms with E-state index in [9.17, 15) is 4.79 Å². The van der Waals surface area contributed by atoms with E-state index in [1.807, 2.05) is 72.5 Å². The van der Waals surface area contributed by atoms with Crippen LogP contribution < -0.4 is 14.4 Å². The quantitative estimate of drug-likeness (QED) is 0.285. The van der Waals surface area contributed by atoms with Crippen LogP contribution in [0.4, 0.5) is 5.69 Å². The van der Waals surface area contributed by atoms with Gasteiger partial charge in [0.1, 0.15) is 5.82 Å². The van der Waals surface area contributed by atoms with Crippen LogP contribution in [0, 0.1) is 6.92 Å². The minimum atomic E-state index is 0.0148. The number of aromatic nitrogens is 2. The van der Waals surface area contributed by atoms with Crippen molar-refractivity contribution in [3.05, 3.63) is 83.1 Å². The van der Waals surface area contributed by atoms with Gasteiger partial charge in [0.2, 0.25) is 5.91 Å². The fraction of sp³-hybridized carbons (Fsp3) is 0.286. The maximum Gasteiger partial charge on any atom is 0.227 e. The van der Waals surface area contributed by atoms with Crippen molar-refractivity contribution in [1.29, 1.82) is 0 Å². The number of methoxy groups -OCH3 is 1. The minimum Gasteiger partial charge on any atom is -0.493 e. The Balaban J connectivity index is 1.35. The second-order valence-electron chi connectivity index (χ2n) is 8.80. The number of hydrogen-bond acceptors (Lipinski definition) is 4. The minimum absolute atomic E-state index is 0.0148. The molecule has 0 radical (unpaired) electrons.